The quantitative estimate of drug-likeness (QED) is 0.875. The van der Waals surface area contributed by atoms with Crippen molar-refractivity contribution in [2.45, 2.75) is 12.9 Å². The molecule has 0 saturated carbocycles. The number of nitrogens with zero attached hydrogens (tertiary/aromatic N) is 1. The topological polar surface area (TPSA) is 55.6 Å². The van der Waals surface area contributed by atoms with Crippen LogP contribution < -0.4 is 10.5 Å². The number of hydrogen-bond donors (Lipinski definition) is 1. The molecule has 0 aliphatic rings. The lowest BCUT2D eigenvalue weighted by atomic mass is 10.2. The molecule has 4 nitrogen and oxygen atoms in total. The molecule has 0 aromatic heterocycles. The molecule has 1 rings (SSSR count). The Kier molecular flexibility index (Phi) is 4.55. The van der Waals surface area contributed by atoms with Crippen LogP contribution in [0, 0.1) is 0 Å². The van der Waals surface area contributed by atoms with Gasteiger partial charge in [0.25, 0.3) is 0 Å². The van der Waals surface area contributed by atoms with Crippen molar-refractivity contribution < 1.29 is 22.7 Å². The van der Waals surface area contributed by atoms with Gasteiger partial charge in [-0.2, -0.15) is 0 Å². The molecule has 0 heterocycles. The number of para-hydroxylation sites is 1. The Labute approximate surface area is 102 Å². The van der Waals surface area contributed by atoms with Gasteiger partial charge < -0.3 is 10.5 Å². The molecule has 0 bridgehead atoms. The van der Waals surface area contributed by atoms with Gasteiger partial charge in [-0.3, -0.25) is 9.69 Å². The minimum absolute atomic E-state index is 0.0413. The summed E-state index contributed by atoms with van der Waals surface area (Å²) in [5.74, 6) is -0.826. The van der Waals surface area contributed by atoms with Crippen LogP contribution in [0.4, 0.5) is 13.2 Å². The Morgan fingerprint density at radius 1 is 1.39 bits per heavy atom. The van der Waals surface area contributed by atoms with E-state index < -0.39 is 12.3 Å². The first kappa shape index (κ1) is 14.3. The molecule has 2 N–H and O–H groups in total. The molecular weight excluding hydrogens is 249 g/mol. The normalized spacial score (nSPS) is 11.6. The van der Waals surface area contributed by atoms with Gasteiger partial charge in [0.2, 0.25) is 5.91 Å². The lowest BCUT2D eigenvalue weighted by Gasteiger charge is -2.18. The Hall–Kier alpha value is -1.76. The SMILES string of the molecule is CN(CC(N)=O)Cc1ccccc1OC(F)(F)F. The van der Waals surface area contributed by atoms with E-state index in [4.69, 9.17) is 5.73 Å². The second-order valence-corrected chi connectivity index (χ2v) is 3.79. The molecule has 0 radical (unpaired) electrons. The van der Waals surface area contributed by atoms with Crippen molar-refractivity contribution in [2.24, 2.45) is 5.73 Å². The number of primary amides is 1. The number of hydrogen-bond acceptors (Lipinski definition) is 3. The zero-order chi connectivity index (χ0) is 13.8. The number of carbonyl (C=O) groups is 1. The third-order valence-electron chi connectivity index (χ3n) is 2.06. The highest BCUT2D eigenvalue weighted by Gasteiger charge is 2.32. The number of ether oxygens (including phenoxy) is 1. The highest BCUT2D eigenvalue weighted by molar-refractivity contribution is 5.75. The molecule has 1 amide bonds. The van der Waals surface area contributed by atoms with Crippen LogP contribution in [0.3, 0.4) is 0 Å². The van der Waals surface area contributed by atoms with Gasteiger partial charge in [-0.05, 0) is 13.1 Å². The van der Waals surface area contributed by atoms with Gasteiger partial charge in [-0.15, -0.1) is 13.2 Å². The first-order valence-corrected chi connectivity index (χ1v) is 5.08. The second-order valence-electron chi connectivity index (χ2n) is 3.79. The predicted molar refractivity (Wildman–Crippen MR) is 58.7 cm³/mol. The van der Waals surface area contributed by atoms with Crippen LogP contribution in [0.15, 0.2) is 24.3 Å². The molecule has 0 aliphatic carbocycles. The number of likely N-dealkylation sites (N-methyl/N-ethyl adjacent to an activating group) is 1. The van der Waals surface area contributed by atoms with Crippen molar-refractivity contribution in [3.05, 3.63) is 29.8 Å². The Morgan fingerprint density at radius 3 is 2.56 bits per heavy atom. The Bertz CT molecular complexity index is 421. The lowest BCUT2D eigenvalue weighted by molar-refractivity contribution is -0.275. The van der Waals surface area contributed by atoms with Crippen molar-refractivity contribution in [3.8, 4) is 5.75 Å². The Morgan fingerprint density at radius 2 is 2.00 bits per heavy atom. The first-order valence-electron chi connectivity index (χ1n) is 5.08. The van der Waals surface area contributed by atoms with Crippen LogP contribution in [0.1, 0.15) is 5.56 Å². The molecule has 18 heavy (non-hydrogen) atoms. The average molecular weight is 262 g/mol. The molecule has 0 atom stereocenters. The maximum atomic E-state index is 12.2. The average Bonchev–Trinajstić information content (AvgIpc) is 2.17. The monoisotopic (exact) mass is 262 g/mol. The number of nitrogens with two attached hydrogens (primary N) is 1. The summed E-state index contributed by atoms with van der Waals surface area (Å²) in [7, 11) is 1.58. The van der Waals surface area contributed by atoms with Gasteiger partial charge in [-0.25, -0.2) is 0 Å². The summed E-state index contributed by atoms with van der Waals surface area (Å²) in [6.07, 6.45) is -4.74. The van der Waals surface area contributed by atoms with Gasteiger partial charge in [0, 0.05) is 12.1 Å². The summed E-state index contributed by atoms with van der Waals surface area (Å²) in [6, 6.07) is 5.76. The summed E-state index contributed by atoms with van der Waals surface area (Å²) >= 11 is 0. The van der Waals surface area contributed by atoms with Crippen molar-refractivity contribution in [2.75, 3.05) is 13.6 Å². The number of amides is 1. The van der Waals surface area contributed by atoms with Gasteiger partial charge in [0.1, 0.15) is 5.75 Å². The fraction of sp³-hybridized carbons (Fsp3) is 0.364. The largest absolute Gasteiger partial charge is 0.573 e. The summed E-state index contributed by atoms with van der Waals surface area (Å²) in [4.78, 5) is 12.2. The van der Waals surface area contributed by atoms with Crippen molar-refractivity contribution >= 4 is 5.91 Å². The van der Waals surface area contributed by atoms with E-state index in [-0.39, 0.29) is 18.8 Å². The fourth-order valence-corrected chi connectivity index (χ4v) is 1.47. The maximum Gasteiger partial charge on any atom is 0.573 e. The van der Waals surface area contributed by atoms with Crippen molar-refractivity contribution in [1.29, 1.82) is 0 Å². The van der Waals surface area contributed by atoms with E-state index in [1.165, 1.54) is 23.1 Å². The molecule has 0 spiro atoms. The van der Waals surface area contributed by atoms with Gasteiger partial charge in [0.15, 0.2) is 0 Å². The smallest absolute Gasteiger partial charge is 0.405 e. The van der Waals surface area contributed by atoms with Crippen LogP contribution >= 0.6 is 0 Å². The standard InChI is InChI=1S/C11H13F3N2O2/c1-16(7-10(15)17)6-8-4-2-3-5-9(8)18-11(12,13)14/h2-5H,6-7H2,1H3,(H2,15,17). The van der Waals surface area contributed by atoms with Crippen LogP contribution in [-0.4, -0.2) is 30.8 Å². The molecule has 0 fully saturated rings. The molecular formula is C11H13F3N2O2. The van der Waals surface area contributed by atoms with E-state index in [1.54, 1.807) is 13.1 Å². The van der Waals surface area contributed by atoms with E-state index in [0.29, 0.717) is 5.56 Å². The molecule has 1 aromatic rings. The van der Waals surface area contributed by atoms with Gasteiger partial charge in [0.05, 0.1) is 6.54 Å². The highest BCUT2D eigenvalue weighted by Crippen LogP contribution is 2.26. The second kappa shape index (κ2) is 5.72. The van der Waals surface area contributed by atoms with Crippen LogP contribution in [0.5, 0.6) is 5.75 Å². The molecule has 0 aliphatic heterocycles. The number of benzene rings is 1. The number of carbonyl (C=O) groups excluding carboxylic acids is 1. The van der Waals surface area contributed by atoms with E-state index in [2.05, 4.69) is 4.74 Å². The summed E-state index contributed by atoms with van der Waals surface area (Å²) in [5, 5.41) is 0. The molecule has 100 valence electrons. The Balaban J connectivity index is 2.79. The maximum absolute atomic E-state index is 12.2. The van der Waals surface area contributed by atoms with E-state index in [9.17, 15) is 18.0 Å². The predicted octanol–water partition coefficient (Wildman–Crippen LogP) is 1.50. The highest BCUT2D eigenvalue weighted by atomic mass is 19.4. The first-order chi connectivity index (χ1) is 8.28. The molecule has 1 aromatic carbocycles. The summed E-state index contributed by atoms with van der Waals surface area (Å²) in [6.45, 7) is 0.0928. The molecule has 0 unspecified atom stereocenters. The van der Waals surface area contributed by atoms with E-state index >= 15 is 0 Å². The lowest BCUT2D eigenvalue weighted by Crippen LogP contribution is -2.30. The fourth-order valence-electron chi connectivity index (χ4n) is 1.47. The number of halogens is 3. The van der Waals surface area contributed by atoms with E-state index in [0.717, 1.165) is 0 Å². The third-order valence-corrected chi connectivity index (χ3v) is 2.06. The summed E-state index contributed by atoms with van der Waals surface area (Å²) in [5.41, 5.74) is 5.33. The minimum atomic E-state index is -4.74. The zero-order valence-electron chi connectivity index (χ0n) is 9.70. The van der Waals surface area contributed by atoms with Crippen LogP contribution in [-0.2, 0) is 11.3 Å². The van der Waals surface area contributed by atoms with Crippen LogP contribution in [0.25, 0.3) is 0 Å². The zero-order valence-corrected chi connectivity index (χ0v) is 9.70. The van der Waals surface area contributed by atoms with Crippen molar-refractivity contribution in [3.63, 3.8) is 0 Å². The van der Waals surface area contributed by atoms with Gasteiger partial charge in [-0.1, -0.05) is 18.2 Å². The third kappa shape index (κ3) is 5.05. The minimum Gasteiger partial charge on any atom is -0.405 e. The van der Waals surface area contributed by atoms with Crippen LogP contribution in [0.2, 0.25) is 0 Å². The van der Waals surface area contributed by atoms with Gasteiger partial charge >= 0.3 is 6.36 Å². The van der Waals surface area contributed by atoms with E-state index in [1.807, 2.05) is 0 Å². The molecule has 7 heteroatoms. The number of alkyl halides is 3. The summed E-state index contributed by atoms with van der Waals surface area (Å²) < 4.78 is 40.4. The number of rotatable bonds is 5. The molecule has 0 saturated heterocycles. The van der Waals surface area contributed by atoms with Crippen molar-refractivity contribution in [1.82, 2.24) is 4.90 Å².